The molecule has 0 N–H and O–H groups in total. The zero-order valence-electron chi connectivity index (χ0n) is 17.9. The molecule has 0 atom stereocenters. The number of carbonyl (C=O) groups excluding carboxylic acids is 1. The van der Waals surface area contributed by atoms with E-state index >= 15 is 0 Å². The fourth-order valence-electron chi connectivity index (χ4n) is 4.41. The molecule has 2 saturated heterocycles. The number of hydrogen-bond acceptors (Lipinski definition) is 5. The molecule has 0 radical (unpaired) electrons. The Morgan fingerprint density at radius 2 is 1.67 bits per heavy atom. The molecule has 3 heterocycles. The number of rotatable bonds is 4. The van der Waals surface area contributed by atoms with Gasteiger partial charge in [-0.3, -0.25) is 4.79 Å². The molecule has 2 aliphatic rings. The monoisotopic (exact) mass is 433 g/mol. The maximum Gasteiger partial charge on any atom is 0.289 e. The standard InChI is InChI=1S/C22H31N3O4S/c1-3-23-12-14-24(15-13-23)22(26)21-17(2)19-16-18(8-9-20(19)29-21)30(27,28)25-10-6-4-5-7-11-25/h8-9,16H,3-7,10-15H2,1-2H3. The van der Waals surface area contributed by atoms with E-state index < -0.39 is 10.0 Å². The average Bonchev–Trinajstić information content (AvgIpc) is 2.93. The Balaban J connectivity index is 1.61. The van der Waals surface area contributed by atoms with Gasteiger partial charge in [0, 0.05) is 50.2 Å². The van der Waals surface area contributed by atoms with Crippen LogP contribution in [0, 0.1) is 6.92 Å². The normalized spacial score (nSPS) is 19.9. The van der Waals surface area contributed by atoms with Crippen LogP contribution in [0.4, 0.5) is 0 Å². The van der Waals surface area contributed by atoms with Gasteiger partial charge in [-0.25, -0.2) is 8.42 Å². The quantitative estimate of drug-likeness (QED) is 0.741. The van der Waals surface area contributed by atoms with Gasteiger partial charge in [0.2, 0.25) is 10.0 Å². The predicted octanol–water partition coefficient (Wildman–Crippen LogP) is 3.08. The van der Waals surface area contributed by atoms with Gasteiger partial charge in [-0.05, 0) is 44.5 Å². The lowest BCUT2D eigenvalue weighted by atomic mass is 10.1. The number of aryl methyl sites for hydroxylation is 1. The lowest BCUT2D eigenvalue weighted by Gasteiger charge is -2.33. The van der Waals surface area contributed by atoms with Crippen LogP contribution in [0.15, 0.2) is 27.5 Å². The topological polar surface area (TPSA) is 74.1 Å². The van der Waals surface area contributed by atoms with Crippen LogP contribution in [-0.2, 0) is 10.0 Å². The first-order chi connectivity index (χ1) is 14.4. The molecule has 8 heteroatoms. The fourth-order valence-corrected chi connectivity index (χ4v) is 5.95. The second-order valence-corrected chi connectivity index (χ2v) is 10.2. The summed E-state index contributed by atoms with van der Waals surface area (Å²) < 4.78 is 33.8. The van der Waals surface area contributed by atoms with Gasteiger partial charge in [0.05, 0.1) is 4.90 Å². The molecule has 164 valence electrons. The van der Waals surface area contributed by atoms with Crippen molar-refractivity contribution in [3.63, 3.8) is 0 Å². The summed E-state index contributed by atoms with van der Waals surface area (Å²) in [7, 11) is -3.54. The highest BCUT2D eigenvalue weighted by molar-refractivity contribution is 7.89. The number of benzene rings is 1. The maximum absolute atomic E-state index is 13.2. The summed E-state index contributed by atoms with van der Waals surface area (Å²) in [5.74, 6) is 0.204. The zero-order chi connectivity index (χ0) is 21.3. The van der Waals surface area contributed by atoms with Crippen molar-refractivity contribution in [2.75, 3.05) is 45.8 Å². The molecule has 0 bridgehead atoms. The maximum atomic E-state index is 13.2. The summed E-state index contributed by atoms with van der Waals surface area (Å²) >= 11 is 0. The molecule has 2 aliphatic heterocycles. The molecule has 30 heavy (non-hydrogen) atoms. The molecule has 0 aliphatic carbocycles. The van der Waals surface area contributed by atoms with Gasteiger partial charge in [0.25, 0.3) is 5.91 Å². The molecule has 0 spiro atoms. The predicted molar refractivity (Wildman–Crippen MR) is 116 cm³/mol. The lowest BCUT2D eigenvalue weighted by molar-refractivity contribution is 0.0613. The Hall–Kier alpha value is -1.90. The van der Waals surface area contributed by atoms with Gasteiger partial charge in [-0.15, -0.1) is 0 Å². The van der Waals surface area contributed by atoms with Crippen molar-refractivity contribution in [3.8, 4) is 0 Å². The highest BCUT2D eigenvalue weighted by Crippen LogP contribution is 2.30. The SMILES string of the molecule is CCN1CCN(C(=O)c2oc3ccc(S(=O)(=O)N4CCCCCC4)cc3c2C)CC1. The van der Waals surface area contributed by atoms with Crippen molar-refractivity contribution in [2.45, 2.75) is 44.4 Å². The number of carbonyl (C=O) groups is 1. The van der Waals surface area contributed by atoms with Crippen molar-refractivity contribution in [2.24, 2.45) is 0 Å². The number of nitrogens with zero attached hydrogens (tertiary/aromatic N) is 3. The first-order valence-corrected chi connectivity index (χ1v) is 12.4. The molecular weight excluding hydrogens is 402 g/mol. The summed E-state index contributed by atoms with van der Waals surface area (Å²) in [4.78, 5) is 17.5. The number of sulfonamides is 1. The van der Waals surface area contributed by atoms with Crippen LogP contribution in [0.5, 0.6) is 0 Å². The third-order valence-electron chi connectivity index (χ3n) is 6.41. The Morgan fingerprint density at radius 1 is 1.00 bits per heavy atom. The van der Waals surface area contributed by atoms with Crippen molar-refractivity contribution in [1.82, 2.24) is 14.1 Å². The van der Waals surface area contributed by atoms with Gasteiger partial charge in [0.1, 0.15) is 5.58 Å². The van der Waals surface area contributed by atoms with Crippen LogP contribution in [0.2, 0.25) is 0 Å². The van der Waals surface area contributed by atoms with Crippen molar-refractivity contribution in [3.05, 3.63) is 29.5 Å². The molecule has 1 aromatic carbocycles. The molecule has 2 aromatic rings. The fraction of sp³-hybridized carbons (Fsp3) is 0.591. The Labute approximate surface area is 178 Å². The van der Waals surface area contributed by atoms with E-state index in [-0.39, 0.29) is 10.8 Å². The van der Waals surface area contributed by atoms with Crippen LogP contribution >= 0.6 is 0 Å². The number of piperazine rings is 1. The summed E-state index contributed by atoms with van der Waals surface area (Å²) in [6.45, 7) is 9.16. The van der Waals surface area contributed by atoms with E-state index in [0.29, 0.717) is 48.5 Å². The Kier molecular flexibility index (Phi) is 6.18. The zero-order valence-corrected chi connectivity index (χ0v) is 18.7. The summed E-state index contributed by atoms with van der Waals surface area (Å²) in [5.41, 5.74) is 1.26. The van der Waals surface area contributed by atoms with Gasteiger partial charge in [0.15, 0.2) is 5.76 Å². The molecule has 1 aromatic heterocycles. The first kappa shape index (κ1) is 21.3. The second-order valence-electron chi connectivity index (χ2n) is 8.26. The Bertz CT molecular complexity index is 1010. The minimum atomic E-state index is -3.54. The molecular formula is C22H31N3O4S. The number of hydrogen-bond donors (Lipinski definition) is 0. The summed E-state index contributed by atoms with van der Waals surface area (Å²) in [5, 5.41) is 0.696. The van der Waals surface area contributed by atoms with Gasteiger partial charge in [-0.1, -0.05) is 19.8 Å². The second kappa shape index (κ2) is 8.69. The van der Waals surface area contributed by atoms with Gasteiger partial charge >= 0.3 is 0 Å². The van der Waals surface area contributed by atoms with Crippen molar-refractivity contribution < 1.29 is 17.6 Å². The van der Waals surface area contributed by atoms with E-state index in [1.807, 2.05) is 11.8 Å². The molecule has 1 amide bonds. The van der Waals surface area contributed by atoms with Gasteiger partial charge in [-0.2, -0.15) is 4.31 Å². The molecule has 4 rings (SSSR count). The van der Waals surface area contributed by atoms with Crippen LogP contribution in [-0.4, -0.2) is 74.2 Å². The number of fused-ring (bicyclic) bond motifs is 1. The largest absolute Gasteiger partial charge is 0.451 e. The first-order valence-electron chi connectivity index (χ1n) is 11.0. The van der Waals surface area contributed by atoms with Crippen LogP contribution < -0.4 is 0 Å². The van der Waals surface area contributed by atoms with E-state index in [9.17, 15) is 13.2 Å². The summed E-state index contributed by atoms with van der Waals surface area (Å²) in [6, 6.07) is 4.94. The number of likely N-dealkylation sites (N-methyl/N-ethyl adjacent to an activating group) is 1. The van der Waals surface area contributed by atoms with E-state index in [1.54, 1.807) is 22.5 Å². The number of furan rings is 1. The smallest absolute Gasteiger partial charge is 0.289 e. The molecule has 0 unspecified atom stereocenters. The van der Waals surface area contributed by atoms with Crippen LogP contribution in [0.25, 0.3) is 11.0 Å². The van der Waals surface area contributed by atoms with E-state index in [1.165, 1.54) is 0 Å². The molecule has 2 fully saturated rings. The minimum Gasteiger partial charge on any atom is -0.451 e. The van der Waals surface area contributed by atoms with E-state index in [2.05, 4.69) is 11.8 Å². The van der Waals surface area contributed by atoms with Crippen LogP contribution in [0.3, 0.4) is 0 Å². The highest BCUT2D eigenvalue weighted by Gasteiger charge is 2.29. The summed E-state index contributed by atoms with van der Waals surface area (Å²) in [6.07, 6.45) is 3.94. The van der Waals surface area contributed by atoms with Gasteiger partial charge < -0.3 is 14.2 Å². The molecule has 0 saturated carbocycles. The van der Waals surface area contributed by atoms with Crippen molar-refractivity contribution >= 4 is 26.9 Å². The number of amides is 1. The third kappa shape index (κ3) is 4.00. The average molecular weight is 434 g/mol. The highest BCUT2D eigenvalue weighted by atomic mass is 32.2. The Morgan fingerprint density at radius 3 is 2.30 bits per heavy atom. The third-order valence-corrected chi connectivity index (χ3v) is 8.31. The molecule has 7 nitrogen and oxygen atoms in total. The minimum absolute atomic E-state index is 0.114. The van der Waals surface area contributed by atoms with Crippen LogP contribution in [0.1, 0.15) is 48.7 Å². The lowest BCUT2D eigenvalue weighted by Crippen LogP contribution is -2.48. The van der Waals surface area contributed by atoms with E-state index in [0.717, 1.165) is 45.3 Å². The van der Waals surface area contributed by atoms with E-state index in [4.69, 9.17) is 4.42 Å². The van der Waals surface area contributed by atoms with Crippen molar-refractivity contribution in [1.29, 1.82) is 0 Å².